The Morgan fingerprint density at radius 1 is 1.14 bits per heavy atom. The van der Waals surface area contributed by atoms with E-state index in [1.165, 1.54) is 4.90 Å². The average molecular weight is 423 g/mol. The predicted molar refractivity (Wildman–Crippen MR) is 112 cm³/mol. The van der Waals surface area contributed by atoms with Gasteiger partial charge in [-0.1, -0.05) is 23.9 Å². The number of halogens is 2. The summed E-state index contributed by atoms with van der Waals surface area (Å²) in [4.78, 5) is 16.6. The zero-order chi connectivity index (χ0) is 20.8. The van der Waals surface area contributed by atoms with E-state index in [9.17, 15) is 13.6 Å². The number of anilines is 2. The van der Waals surface area contributed by atoms with Crippen molar-refractivity contribution in [2.24, 2.45) is 0 Å². The summed E-state index contributed by atoms with van der Waals surface area (Å²) in [5.41, 5.74) is 1.69. The Morgan fingerprint density at radius 3 is 2.41 bits per heavy atom. The molecule has 1 aliphatic heterocycles. The van der Waals surface area contributed by atoms with Gasteiger partial charge in [-0.15, -0.1) is 0 Å². The van der Waals surface area contributed by atoms with Gasteiger partial charge in [-0.25, -0.2) is 0 Å². The van der Waals surface area contributed by atoms with E-state index in [2.05, 4.69) is 16.3 Å². The number of piperazine rings is 1. The summed E-state index contributed by atoms with van der Waals surface area (Å²) < 4.78 is 30.3. The normalized spacial score (nSPS) is 16.0. The van der Waals surface area contributed by atoms with Gasteiger partial charge in [0, 0.05) is 10.6 Å². The van der Waals surface area contributed by atoms with Crippen molar-refractivity contribution < 1.29 is 23.2 Å². The van der Waals surface area contributed by atoms with Gasteiger partial charge in [0.2, 0.25) is 0 Å². The number of thioether (sulfide) groups is 1. The van der Waals surface area contributed by atoms with Gasteiger partial charge in [-0.05, 0) is 43.3 Å². The number of nitrogens with one attached hydrogen (secondary N) is 2. The number of quaternary nitrogens is 1. The van der Waals surface area contributed by atoms with Crippen molar-refractivity contribution in [1.82, 2.24) is 0 Å². The number of ether oxygens (including phenoxy) is 1. The average Bonchev–Trinajstić information content (AvgIpc) is 2.74. The van der Waals surface area contributed by atoms with E-state index in [-0.39, 0.29) is 11.9 Å². The molecule has 0 unspecified atom stereocenters. The molecule has 1 amide bonds. The standard InChI is InChI=1S/C21H25F2N3O2S/c1-15(20(27)24-16-7-9-17(10-8-16)29-21(22)23)25-11-13-26(14-12-25)18-5-3-4-6-19(18)28-2/h3-10,15,21H,11-14H2,1-2H3,(H,24,27)/p+1/t15-/m0/s1. The Hall–Kier alpha value is -2.32. The molecule has 8 heteroatoms. The third-order valence-electron chi connectivity index (χ3n) is 5.18. The molecule has 1 heterocycles. The number of alkyl halides is 2. The number of hydrogen-bond acceptors (Lipinski definition) is 4. The summed E-state index contributed by atoms with van der Waals surface area (Å²) in [6, 6.07) is 14.3. The summed E-state index contributed by atoms with van der Waals surface area (Å²) in [7, 11) is 1.67. The zero-order valence-electron chi connectivity index (χ0n) is 16.5. The zero-order valence-corrected chi connectivity index (χ0v) is 17.3. The van der Waals surface area contributed by atoms with E-state index >= 15 is 0 Å². The lowest BCUT2D eigenvalue weighted by atomic mass is 10.2. The number of rotatable bonds is 7. The van der Waals surface area contributed by atoms with E-state index in [0.717, 1.165) is 37.6 Å². The van der Waals surface area contributed by atoms with Crippen LogP contribution in [-0.4, -0.2) is 51.0 Å². The molecule has 0 aromatic heterocycles. The summed E-state index contributed by atoms with van der Waals surface area (Å²) in [6.07, 6.45) is 0. The number of nitrogens with zero attached hydrogens (tertiary/aromatic N) is 1. The molecule has 0 spiro atoms. The second kappa shape index (κ2) is 9.93. The number of benzene rings is 2. The second-order valence-corrected chi connectivity index (χ2v) is 7.99. The summed E-state index contributed by atoms with van der Waals surface area (Å²) in [5, 5.41) is 2.89. The van der Waals surface area contributed by atoms with E-state index in [1.807, 2.05) is 25.1 Å². The summed E-state index contributed by atoms with van der Waals surface area (Å²) in [5.74, 6) is -1.66. The maximum absolute atomic E-state index is 12.6. The van der Waals surface area contributed by atoms with Crippen molar-refractivity contribution in [3.8, 4) is 5.75 Å². The van der Waals surface area contributed by atoms with Gasteiger partial charge in [0.1, 0.15) is 5.75 Å². The van der Waals surface area contributed by atoms with Crippen molar-refractivity contribution in [2.75, 3.05) is 43.5 Å². The number of hydrogen-bond donors (Lipinski definition) is 2. The molecule has 3 rings (SSSR count). The first-order valence-electron chi connectivity index (χ1n) is 9.56. The van der Waals surface area contributed by atoms with Gasteiger partial charge < -0.3 is 19.9 Å². The Labute approximate surface area is 174 Å². The van der Waals surface area contributed by atoms with Gasteiger partial charge in [0.25, 0.3) is 11.7 Å². The van der Waals surface area contributed by atoms with Crippen LogP contribution in [0.1, 0.15) is 6.92 Å². The molecule has 2 aromatic carbocycles. The molecule has 1 fully saturated rings. The summed E-state index contributed by atoms with van der Waals surface area (Å²) >= 11 is 0.492. The van der Waals surface area contributed by atoms with Crippen LogP contribution in [0, 0.1) is 0 Å². The number of methoxy groups -OCH3 is 1. The molecule has 5 nitrogen and oxygen atoms in total. The van der Waals surface area contributed by atoms with Crippen molar-refractivity contribution in [1.29, 1.82) is 0 Å². The third-order valence-corrected chi connectivity index (χ3v) is 5.91. The molecular weight excluding hydrogens is 396 g/mol. The van der Waals surface area contributed by atoms with Crippen LogP contribution in [0.4, 0.5) is 20.2 Å². The van der Waals surface area contributed by atoms with Crippen LogP contribution in [0.3, 0.4) is 0 Å². The molecule has 1 saturated heterocycles. The number of carbonyl (C=O) groups is 1. The van der Waals surface area contributed by atoms with E-state index in [4.69, 9.17) is 4.74 Å². The fourth-order valence-corrected chi connectivity index (χ4v) is 4.01. The highest BCUT2D eigenvalue weighted by Crippen LogP contribution is 2.27. The SMILES string of the molecule is COc1ccccc1N1CC[NH+]([C@@H](C)C(=O)Nc2ccc(SC(F)F)cc2)CC1. The van der Waals surface area contributed by atoms with Crippen LogP contribution in [0.2, 0.25) is 0 Å². The van der Waals surface area contributed by atoms with Crippen LogP contribution in [0.5, 0.6) is 5.75 Å². The molecule has 0 bridgehead atoms. The fourth-order valence-electron chi connectivity index (χ4n) is 3.51. The first kappa shape index (κ1) is 21.4. The molecular formula is C21H26F2N3O2S+. The van der Waals surface area contributed by atoms with Crippen molar-refractivity contribution >= 4 is 29.0 Å². The quantitative estimate of drug-likeness (QED) is 0.674. The Balaban J connectivity index is 1.53. The van der Waals surface area contributed by atoms with Crippen LogP contribution in [0.15, 0.2) is 53.4 Å². The molecule has 1 aliphatic rings. The van der Waals surface area contributed by atoms with Gasteiger partial charge >= 0.3 is 0 Å². The third kappa shape index (κ3) is 5.61. The lowest BCUT2D eigenvalue weighted by Crippen LogP contribution is -3.19. The van der Waals surface area contributed by atoms with Crippen LogP contribution < -0.4 is 19.9 Å². The molecule has 1 atom stereocenters. The maximum atomic E-state index is 12.6. The van der Waals surface area contributed by atoms with Crippen molar-refractivity contribution in [3.63, 3.8) is 0 Å². The fraction of sp³-hybridized carbons (Fsp3) is 0.381. The van der Waals surface area contributed by atoms with Gasteiger partial charge in [-0.3, -0.25) is 4.79 Å². The van der Waals surface area contributed by atoms with Crippen molar-refractivity contribution in [3.05, 3.63) is 48.5 Å². The highest BCUT2D eigenvalue weighted by Gasteiger charge is 2.30. The van der Waals surface area contributed by atoms with Crippen LogP contribution in [-0.2, 0) is 4.79 Å². The monoisotopic (exact) mass is 422 g/mol. The van der Waals surface area contributed by atoms with Crippen LogP contribution >= 0.6 is 11.8 Å². The Kier molecular flexibility index (Phi) is 7.33. The van der Waals surface area contributed by atoms with Crippen LogP contribution in [0.25, 0.3) is 0 Å². The molecule has 2 N–H and O–H groups in total. The maximum Gasteiger partial charge on any atom is 0.288 e. The Morgan fingerprint density at radius 2 is 1.79 bits per heavy atom. The highest BCUT2D eigenvalue weighted by atomic mass is 32.2. The number of amides is 1. The lowest BCUT2D eigenvalue weighted by molar-refractivity contribution is -0.914. The van der Waals surface area contributed by atoms with Gasteiger partial charge in [-0.2, -0.15) is 8.78 Å². The van der Waals surface area contributed by atoms with Gasteiger partial charge in [0.15, 0.2) is 6.04 Å². The van der Waals surface area contributed by atoms with Crippen molar-refractivity contribution in [2.45, 2.75) is 23.6 Å². The smallest absolute Gasteiger partial charge is 0.288 e. The van der Waals surface area contributed by atoms with E-state index in [0.29, 0.717) is 22.3 Å². The molecule has 0 radical (unpaired) electrons. The first-order chi connectivity index (χ1) is 14.0. The largest absolute Gasteiger partial charge is 0.495 e. The predicted octanol–water partition coefficient (Wildman–Crippen LogP) is 2.74. The second-order valence-electron chi connectivity index (χ2n) is 6.93. The summed E-state index contributed by atoms with van der Waals surface area (Å²) in [6.45, 7) is 5.29. The Bertz CT molecular complexity index is 812. The molecule has 29 heavy (non-hydrogen) atoms. The first-order valence-corrected chi connectivity index (χ1v) is 10.4. The highest BCUT2D eigenvalue weighted by molar-refractivity contribution is 7.99. The molecule has 2 aromatic rings. The topological polar surface area (TPSA) is 46.0 Å². The lowest BCUT2D eigenvalue weighted by Gasteiger charge is -2.36. The van der Waals surface area contributed by atoms with Gasteiger partial charge in [0.05, 0.1) is 39.0 Å². The molecule has 0 saturated carbocycles. The minimum Gasteiger partial charge on any atom is -0.495 e. The molecule has 0 aliphatic carbocycles. The number of carbonyl (C=O) groups excluding carboxylic acids is 1. The van der Waals surface area contributed by atoms with E-state index in [1.54, 1.807) is 31.4 Å². The number of para-hydroxylation sites is 2. The minimum atomic E-state index is -2.45. The molecule has 156 valence electrons. The van der Waals surface area contributed by atoms with E-state index < -0.39 is 5.76 Å². The minimum absolute atomic E-state index is 0.0694.